The van der Waals surface area contributed by atoms with Crippen molar-refractivity contribution < 1.29 is 9.47 Å². The van der Waals surface area contributed by atoms with Crippen molar-refractivity contribution in [3.63, 3.8) is 0 Å². The molecule has 0 aliphatic carbocycles. The van der Waals surface area contributed by atoms with Crippen LogP contribution in [-0.4, -0.2) is 37.1 Å². The van der Waals surface area contributed by atoms with E-state index in [0.29, 0.717) is 43.6 Å². The average molecular weight is 238 g/mol. The van der Waals surface area contributed by atoms with Crippen molar-refractivity contribution in [2.45, 2.75) is 46.2 Å². The van der Waals surface area contributed by atoms with Gasteiger partial charge in [0, 0.05) is 0 Å². The molecule has 0 spiro atoms. The van der Waals surface area contributed by atoms with Gasteiger partial charge in [0.25, 0.3) is 0 Å². The van der Waals surface area contributed by atoms with Crippen molar-refractivity contribution in [2.24, 2.45) is 21.8 Å². The highest BCUT2D eigenvalue weighted by Crippen LogP contribution is 2.19. The van der Waals surface area contributed by atoms with Gasteiger partial charge in [-0.05, 0) is 11.8 Å². The summed E-state index contributed by atoms with van der Waals surface area (Å²) in [7, 11) is 0. The topological polar surface area (TPSA) is 43.2 Å². The van der Waals surface area contributed by atoms with E-state index in [4.69, 9.17) is 9.47 Å². The third-order valence-corrected chi connectivity index (χ3v) is 3.30. The van der Waals surface area contributed by atoms with Gasteiger partial charge in [-0.3, -0.25) is 0 Å². The van der Waals surface area contributed by atoms with Gasteiger partial charge in [0.1, 0.15) is 13.2 Å². The van der Waals surface area contributed by atoms with Crippen LogP contribution < -0.4 is 0 Å². The first-order valence-electron chi connectivity index (χ1n) is 6.45. The first-order chi connectivity index (χ1) is 8.06. The first kappa shape index (κ1) is 12.4. The predicted molar refractivity (Wildman–Crippen MR) is 68.6 cm³/mol. The molecule has 17 heavy (non-hydrogen) atoms. The number of hydrogen-bond acceptors (Lipinski definition) is 4. The highest BCUT2D eigenvalue weighted by molar-refractivity contribution is 5.98. The van der Waals surface area contributed by atoms with Gasteiger partial charge in [-0.25, -0.2) is 9.98 Å². The molecule has 2 heterocycles. The molecule has 2 aliphatic rings. The van der Waals surface area contributed by atoms with Crippen molar-refractivity contribution in [1.82, 2.24) is 0 Å². The van der Waals surface area contributed by atoms with Gasteiger partial charge in [-0.1, -0.05) is 27.7 Å². The van der Waals surface area contributed by atoms with E-state index in [1.165, 1.54) is 0 Å². The third kappa shape index (κ3) is 2.99. The van der Waals surface area contributed by atoms with Crippen LogP contribution >= 0.6 is 0 Å². The Labute approximate surface area is 103 Å². The standard InChI is InChI=1S/C13H22N2O2/c1-8(2)10-6-16-12(14-10)5-13-15-11(7-17-13)9(3)4/h8-11H,5-7H2,1-4H3/t10-,11-/m0/s1. The lowest BCUT2D eigenvalue weighted by Crippen LogP contribution is -2.13. The highest BCUT2D eigenvalue weighted by Gasteiger charge is 2.26. The Hall–Kier alpha value is -1.06. The number of ether oxygens (including phenoxy) is 2. The Kier molecular flexibility index (Phi) is 3.69. The van der Waals surface area contributed by atoms with E-state index in [9.17, 15) is 0 Å². The maximum Gasteiger partial charge on any atom is 0.193 e. The molecule has 0 N–H and O–H groups in total. The van der Waals surface area contributed by atoms with E-state index < -0.39 is 0 Å². The highest BCUT2D eigenvalue weighted by atomic mass is 16.5. The maximum atomic E-state index is 5.57. The quantitative estimate of drug-likeness (QED) is 0.754. The Morgan fingerprint density at radius 2 is 1.35 bits per heavy atom. The molecular formula is C13H22N2O2. The van der Waals surface area contributed by atoms with Crippen molar-refractivity contribution >= 4 is 11.8 Å². The first-order valence-corrected chi connectivity index (χ1v) is 6.45. The van der Waals surface area contributed by atoms with Crippen molar-refractivity contribution in [2.75, 3.05) is 13.2 Å². The molecule has 2 aliphatic heterocycles. The van der Waals surface area contributed by atoms with Crippen molar-refractivity contribution in [1.29, 1.82) is 0 Å². The molecule has 0 amide bonds. The minimum absolute atomic E-state index is 0.299. The Balaban J connectivity index is 1.91. The van der Waals surface area contributed by atoms with Crippen LogP contribution in [-0.2, 0) is 9.47 Å². The van der Waals surface area contributed by atoms with E-state index in [2.05, 4.69) is 37.7 Å². The van der Waals surface area contributed by atoms with E-state index in [1.807, 2.05) is 0 Å². The van der Waals surface area contributed by atoms with Crippen LogP contribution in [0.3, 0.4) is 0 Å². The van der Waals surface area contributed by atoms with Crippen LogP contribution in [0.5, 0.6) is 0 Å². The van der Waals surface area contributed by atoms with Crippen molar-refractivity contribution in [3.05, 3.63) is 0 Å². The molecule has 4 nitrogen and oxygen atoms in total. The van der Waals surface area contributed by atoms with Crippen LogP contribution in [0, 0.1) is 11.8 Å². The minimum Gasteiger partial charge on any atom is -0.478 e. The molecule has 4 heteroatoms. The summed E-state index contributed by atoms with van der Waals surface area (Å²) in [4.78, 5) is 9.11. The number of aliphatic imine (C=N–C) groups is 2. The van der Waals surface area contributed by atoms with Crippen molar-refractivity contribution in [3.8, 4) is 0 Å². The number of rotatable bonds is 4. The van der Waals surface area contributed by atoms with Gasteiger partial charge in [0.15, 0.2) is 11.8 Å². The largest absolute Gasteiger partial charge is 0.478 e. The van der Waals surface area contributed by atoms with Crippen LogP contribution in [0.1, 0.15) is 34.1 Å². The molecule has 0 aromatic rings. The zero-order valence-electron chi connectivity index (χ0n) is 11.1. The summed E-state index contributed by atoms with van der Waals surface area (Å²) in [5.74, 6) is 2.63. The minimum atomic E-state index is 0.299. The van der Waals surface area contributed by atoms with Crippen LogP contribution in [0.25, 0.3) is 0 Å². The Morgan fingerprint density at radius 3 is 1.65 bits per heavy atom. The molecule has 0 aromatic heterocycles. The fourth-order valence-electron chi connectivity index (χ4n) is 1.89. The zero-order valence-corrected chi connectivity index (χ0v) is 11.1. The summed E-state index contributed by atoms with van der Waals surface area (Å²) in [5, 5.41) is 0. The van der Waals surface area contributed by atoms with Gasteiger partial charge in [-0.15, -0.1) is 0 Å². The van der Waals surface area contributed by atoms with E-state index in [1.54, 1.807) is 0 Å². The normalized spacial score (nSPS) is 28.1. The summed E-state index contributed by atoms with van der Waals surface area (Å²) in [6, 6.07) is 0.598. The molecule has 0 saturated carbocycles. The molecule has 2 rings (SSSR count). The van der Waals surface area contributed by atoms with Crippen LogP contribution in [0.2, 0.25) is 0 Å². The molecular weight excluding hydrogens is 216 g/mol. The summed E-state index contributed by atoms with van der Waals surface area (Å²) in [6.45, 7) is 10.1. The zero-order chi connectivity index (χ0) is 12.4. The monoisotopic (exact) mass is 238 g/mol. The Morgan fingerprint density at radius 1 is 0.941 bits per heavy atom. The molecule has 0 saturated heterocycles. The lowest BCUT2D eigenvalue weighted by Gasteiger charge is -2.06. The molecule has 0 fully saturated rings. The molecule has 96 valence electrons. The Bertz CT molecular complexity index is 302. The van der Waals surface area contributed by atoms with Gasteiger partial charge >= 0.3 is 0 Å². The maximum absolute atomic E-state index is 5.57. The summed E-state index contributed by atoms with van der Waals surface area (Å²) in [5.41, 5.74) is 0. The van der Waals surface area contributed by atoms with Gasteiger partial charge in [0.05, 0.1) is 18.5 Å². The summed E-state index contributed by atoms with van der Waals surface area (Å²) in [6.07, 6.45) is 0.618. The molecule has 0 radical (unpaired) electrons. The molecule has 0 unspecified atom stereocenters. The predicted octanol–water partition coefficient (Wildman–Crippen LogP) is 2.28. The van der Waals surface area contributed by atoms with Crippen LogP contribution in [0.15, 0.2) is 9.98 Å². The van der Waals surface area contributed by atoms with Crippen LogP contribution in [0.4, 0.5) is 0 Å². The van der Waals surface area contributed by atoms with Gasteiger partial charge in [0.2, 0.25) is 0 Å². The second kappa shape index (κ2) is 5.07. The summed E-state index contributed by atoms with van der Waals surface area (Å²) >= 11 is 0. The number of nitrogens with zero attached hydrogens (tertiary/aromatic N) is 2. The average Bonchev–Trinajstić information content (AvgIpc) is 2.87. The number of hydrogen-bond donors (Lipinski definition) is 0. The second-order valence-corrected chi connectivity index (χ2v) is 5.47. The lowest BCUT2D eigenvalue weighted by atomic mass is 10.1. The SMILES string of the molecule is CC(C)[C@@H]1COC(CC2=N[C@H](C(C)C)CO2)=N1. The van der Waals surface area contributed by atoms with E-state index in [-0.39, 0.29) is 0 Å². The fourth-order valence-corrected chi connectivity index (χ4v) is 1.89. The van der Waals surface area contributed by atoms with E-state index in [0.717, 1.165) is 11.8 Å². The smallest absolute Gasteiger partial charge is 0.193 e. The van der Waals surface area contributed by atoms with E-state index >= 15 is 0 Å². The van der Waals surface area contributed by atoms with Gasteiger partial charge in [-0.2, -0.15) is 0 Å². The summed E-state index contributed by atoms with van der Waals surface area (Å²) < 4.78 is 11.1. The lowest BCUT2D eigenvalue weighted by molar-refractivity contribution is 0.277. The molecule has 0 aromatic carbocycles. The molecule has 0 bridgehead atoms. The fraction of sp³-hybridized carbons (Fsp3) is 0.846. The molecule has 2 atom stereocenters. The second-order valence-electron chi connectivity index (χ2n) is 5.47. The third-order valence-electron chi connectivity index (χ3n) is 3.30. The van der Waals surface area contributed by atoms with Gasteiger partial charge < -0.3 is 9.47 Å².